The molecule has 1 aromatic carbocycles. The summed E-state index contributed by atoms with van der Waals surface area (Å²) in [5, 5.41) is 12.8. The van der Waals surface area contributed by atoms with Crippen LogP contribution in [0, 0.1) is 0 Å². The van der Waals surface area contributed by atoms with Gasteiger partial charge in [0.2, 0.25) is 0 Å². The largest absolute Gasteiger partial charge is 0.468 e. The highest BCUT2D eigenvalue weighted by Gasteiger charge is 2.31. The van der Waals surface area contributed by atoms with Crippen LogP contribution in [0.25, 0.3) is 0 Å². The molecular weight excluding hydrogens is 468 g/mol. The van der Waals surface area contributed by atoms with E-state index in [1.807, 2.05) is 56.0 Å². The van der Waals surface area contributed by atoms with Crippen LogP contribution in [0.1, 0.15) is 26.3 Å². The molecule has 1 fully saturated rings. The number of ether oxygens (including phenoxy) is 3. The number of rotatable bonds is 6. The van der Waals surface area contributed by atoms with Crippen LogP contribution in [0.2, 0.25) is 0 Å². The first-order chi connectivity index (χ1) is 17.1. The number of hydrogen-bond acceptors (Lipinski definition) is 8. The zero-order valence-electron chi connectivity index (χ0n) is 21.8. The fraction of sp³-hybridized carbons (Fsp3) is 0.640. The molecule has 1 heterocycles. The molecule has 1 saturated heterocycles. The smallest absolute Gasteiger partial charge is 0.410 e. The first-order valence-corrected chi connectivity index (χ1v) is 12.2. The molecular formula is C25H40N4O7. The van der Waals surface area contributed by atoms with E-state index < -0.39 is 29.8 Å². The van der Waals surface area contributed by atoms with E-state index in [0.717, 1.165) is 5.56 Å². The van der Waals surface area contributed by atoms with Gasteiger partial charge in [-0.3, -0.25) is 9.69 Å². The summed E-state index contributed by atoms with van der Waals surface area (Å²) < 4.78 is 16.5. The summed E-state index contributed by atoms with van der Waals surface area (Å²) in [5.41, 5.74) is 0.406. The van der Waals surface area contributed by atoms with Gasteiger partial charge in [0.25, 0.3) is 0 Å². The maximum Gasteiger partial charge on any atom is 0.410 e. The summed E-state index contributed by atoms with van der Waals surface area (Å²) in [5.74, 6) is -0.479. The van der Waals surface area contributed by atoms with E-state index in [2.05, 4.69) is 5.32 Å². The van der Waals surface area contributed by atoms with Gasteiger partial charge in [-0.15, -0.1) is 0 Å². The van der Waals surface area contributed by atoms with Crippen molar-refractivity contribution in [2.45, 2.75) is 39.0 Å². The number of carboxylic acid groups (broad SMARTS) is 1. The Morgan fingerprint density at radius 3 is 2.17 bits per heavy atom. The van der Waals surface area contributed by atoms with Gasteiger partial charge < -0.3 is 34.4 Å². The monoisotopic (exact) mass is 508 g/mol. The molecule has 1 atom stereocenters. The summed E-state index contributed by atoms with van der Waals surface area (Å²) in [6.45, 7) is 8.52. The first-order valence-electron chi connectivity index (χ1n) is 12.2. The predicted molar refractivity (Wildman–Crippen MR) is 134 cm³/mol. The van der Waals surface area contributed by atoms with Crippen molar-refractivity contribution in [3.63, 3.8) is 0 Å². The quantitative estimate of drug-likeness (QED) is 0.555. The number of hydrogen-bond donors (Lipinski definition) is 2. The van der Waals surface area contributed by atoms with Crippen molar-refractivity contribution in [2.24, 2.45) is 0 Å². The summed E-state index contributed by atoms with van der Waals surface area (Å²) in [7, 11) is 1.31. The molecule has 36 heavy (non-hydrogen) atoms. The highest BCUT2D eigenvalue weighted by Crippen LogP contribution is 2.13. The lowest BCUT2D eigenvalue weighted by atomic mass is 10.2. The molecule has 2 amide bonds. The molecule has 0 aliphatic carbocycles. The fourth-order valence-electron chi connectivity index (χ4n) is 3.67. The average molecular weight is 509 g/mol. The third-order valence-electron chi connectivity index (χ3n) is 5.75. The molecule has 0 aromatic heterocycles. The van der Waals surface area contributed by atoms with E-state index in [-0.39, 0.29) is 39.4 Å². The minimum Gasteiger partial charge on any atom is -0.468 e. The predicted octanol–water partition coefficient (Wildman–Crippen LogP) is 1.87. The Balaban J connectivity index is 2.18. The van der Waals surface area contributed by atoms with E-state index in [4.69, 9.17) is 14.2 Å². The maximum absolute atomic E-state index is 12.9. The number of methoxy groups -OCH3 is 1. The SMILES string of the molecule is COC(=O)[C@@H](COC(C)(C)C)N1CCN(C(=O)O)CCNCCN(C(=O)OCc2ccccc2)CC1. The van der Waals surface area contributed by atoms with E-state index >= 15 is 0 Å². The Bertz CT molecular complexity index is 831. The van der Waals surface area contributed by atoms with Gasteiger partial charge in [0, 0.05) is 52.4 Å². The van der Waals surface area contributed by atoms with Crippen molar-refractivity contribution in [3.05, 3.63) is 35.9 Å². The third kappa shape index (κ3) is 10.4. The molecule has 1 aliphatic heterocycles. The van der Waals surface area contributed by atoms with E-state index in [1.54, 1.807) is 4.90 Å². The lowest BCUT2D eigenvalue weighted by Crippen LogP contribution is -2.53. The number of carbonyl (C=O) groups excluding carboxylic acids is 2. The molecule has 0 spiro atoms. The highest BCUT2D eigenvalue weighted by molar-refractivity contribution is 5.76. The Morgan fingerprint density at radius 2 is 1.58 bits per heavy atom. The molecule has 0 radical (unpaired) electrons. The first kappa shape index (κ1) is 29.3. The second kappa shape index (κ2) is 14.6. The summed E-state index contributed by atoms with van der Waals surface area (Å²) in [4.78, 5) is 42.1. The molecule has 1 aromatic rings. The van der Waals surface area contributed by atoms with Crippen LogP contribution in [0.4, 0.5) is 9.59 Å². The Hall–Kier alpha value is -2.89. The molecule has 0 unspecified atom stereocenters. The van der Waals surface area contributed by atoms with Crippen molar-refractivity contribution in [2.75, 3.05) is 66.1 Å². The van der Waals surface area contributed by atoms with E-state index in [0.29, 0.717) is 26.2 Å². The van der Waals surface area contributed by atoms with Crippen LogP contribution in [0.15, 0.2) is 30.3 Å². The molecule has 202 valence electrons. The maximum atomic E-state index is 12.9. The molecule has 2 rings (SSSR count). The van der Waals surface area contributed by atoms with Gasteiger partial charge in [0.15, 0.2) is 0 Å². The van der Waals surface area contributed by atoms with Crippen molar-refractivity contribution >= 4 is 18.2 Å². The topological polar surface area (TPSA) is 121 Å². The lowest BCUT2D eigenvalue weighted by Gasteiger charge is -2.35. The highest BCUT2D eigenvalue weighted by atomic mass is 16.6. The van der Waals surface area contributed by atoms with Crippen LogP contribution >= 0.6 is 0 Å². The van der Waals surface area contributed by atoms with Crippen LogP contribution in [-0.2, 0) is 25.6 Å². The van der Waals surface area contributed by atoms with E-state index in [9.17, 15) is 19.5 Å². The average Bonchev–Trinajstić information content (AvgIpc) is 2.83. The Morgan fingerprint density at radius 1 is 0.972 bits per heavy atom. The van der Waals surface area contributed by atoms with Crippen LogP contribution < -0.4 is 5.32 Å². The molecule has 11 nitrogen and oxygen atoms in total. The van der Waals surface area contributed by atoms with Crippen molar-refractivity contribution in [1.29, 1.82) is 0 Å². The van der Waals surface area contributed by atoms with E-state index in [1.165, 1.54) is 12.0 Å². The van der Waals surface area contributed by atoms with Gasteiger partial charge >= 0.3 is 18.2 Å². The van der Waals surface area contributed by atoms with Gasteiger partial charge in [-0.2, -0.15) is 0 Å². The van der Waals surface area contributed by atoms with Crippen molar-refractivity contribution < 1.29 is 33.7 Å². The fourth-order valence-corrected chi connectivity index (χ4v) is 3.67. The number of esters is 1. The Labute approximate surface area is 213 Å². The minimum atomic E-state index is -1.03. The summed E-state index contributed by atoms with van der Waals surface area (Å²) in [6.07, 6.45) is -1.48. The van der Waals surface area contributed by atoms with Gasteiger partial charge in [-0.05, 0) is 26.3 Å². The Kier molecular flexibility index (Phi) is 11.9. The molecule has 1 aliphatic rings. The van der Waals surface area contributed by atoms with Crippen molar-refractivity contribution in [3.8, 4) is 0 Å². The summed E-state index contributed by atoms with van der Waals surface area (Å²) >= 11 is 0. The van der Waals surface area contributed by atoms with Gasteiger partial charge in [0.05, 0.1) is 19.3 Å². The lowest BCUT2D eigenvalue weighted by molar-refractivity contribution is -0.152. The molecule has 0 saturated carbocycles. The zero-order valence-corrected chi connectivity index (χ0v) is 21.8. The number of carbonyl (C=O) groups is 3. The second-order valence-electron chi connectivity index (χ2n) is 9.55. The molecule has 0 bridgehead atoms. The third-order valence-corrected chi connectivity index (χ3v) is 5.75. The number of benzene rings is 1. The minimum absolute atomic E-state index is 0.0727. The van der Waals surface area contributed by atoms with Crippen LogP contribution in [0.5, 0.6) is 0 Å². The zero-order chi connectivity index (χ0) is 26.6. The molecule has 11 heteroatoms. The number of nitrogens with zero attached hydrogens (tertiary/aromatic N) is 3. The normalized spacial score (nSPS) is 17.4. The van der Waals surface area contributed by atoms with Gasteiger partial charge in [-0.25, -0.2) is 9.59 Å². The van der Waals surface area contributed by atoms with Gasteiger partial charge in [0.1, 0.15) is 12.6 Å². The van der Waals surface area contributed by atoms with Gasteiger partial charge in [-0.1, -0.05) is 30.3 Å². The number of amides is 2. The molecule has 2 N–H and O–H groups in total. The number of nitrogens with one attached hydrogen (secondary N) is 1. The van der Waals surface area contributed by atoms with Crippen LogP contribution in [-0.4, -0.2) is 116 Å². The summed E-state index contributed by atoms with van der Waals surface area (Å²) in [6, 6.07) is 8.68. The standard InChI is InChI=1S/C25H40N4O7/c1-25(2,3)36-19-21(22(30)34-4)27-14-16-28(23(31)32)12-10-26-11-13-29(17-15-27)24(33)35-18-20-8-6-5-7-9-20/h5-9,21,26H,10-19H2,1-4H3,(H,31,32)/t21-/m1/s1. The van der Waals surface area contributed by atoms with Crippen LogP contribution in [0.3, 0.4) is 0 Å². The van der Waals surface area contributed by atoms with Crippen molar-refractivity contribution in [1.82, 2.24) is 20.0 Å². The second-order valence-corrected chi connectivity index (χ2v) is 9.55.